The lowest BCUT2D eigenvalue weighted by Crippen LogP contribution is -2.30. The maximum Gasteiger partial charge on any atom is 0.276 e. The van der Waals surface area contributed by atoms with Crippen molar-refractivity contribution < 1.29 is 0 Å². The fraction of sp³-hybridized carbons (Fsp3) is 0.625. The number of aryl methyl sites for hydroxylation is 2. The standard InChI is InChI=1S/C16H26N4O/c1-4-8-17-14(5-2)7-6-9-19-10-11-20-15(16(19)21)12-13(3)18-20/h10-12,14,17H,4-9H2,1-3H3. The van der Waals surface area contributed by atoms with Gasteiger partial charge in [0, 0.05) is 25.0 Å². The van der Waals surface area contributed by atoms with Crippen molar-refractivity contribution in [2.75, 3.05) is 6.54 Å². The SMILES string of the molecule is CCCNC(CC)CCCn1ccn2nc(C)cc2c1=O. The second-order valence-corrected chi connectivity index (χ2v) is 5.61. The number of nitrogens with zero attached hydrogens (tertiary/aromatic N) is 3. The summed E-state index contributed by atoms with van der Waals surface area (Å²) in [5, 5.41) is 7.82. The molecule has 116 valence electrons. The van der Waals surface area contributed by atoms with Crippen LogP contribution in [0.5, 0.6) is 0 Å². The fourth-order valence-corrected chi connectivity index (χ4v) is 2.63. The van der Waals surface area contributed by atoms with Crippen molar-refractivity contribution >= 4 is 5.52 Å². The number of hydrogen-bond acceptors (Lipinski definition) is 3. The Hall–Kier alpha value is -1.62. The highest BCUT2D eigenvalue weighted by Gasteiger charge is 2.07. The minimum atomic E-state index is 0.0488. The molecule has 5 nitrogen and oxygen atoms in total. The van der Waals surface area contributed by atoms with Crippen LogP contribution in [0.25, 0.3) is 5.52 Å². The molecule has 0 saturated carbocycles. The Morgan fingerprint density at radius 1 is 1.33 bits per heavy atom. The molecule has 5 heteroatoms. The van der Waals surface area contributed by atoms with Gasteiger partial charge in [0.2, 0.25) is 0 Å². The summed E-state index contributed by atoms with van der Waals surface area (Å²) in [6.07, 6.45) is 8.10. The maximum atomic E-state index is 12.3. The van der Waals surface area contributed by atoms with Crippen molar-refractivity contribution in [2.24, 2.45) is 0 Å². The van der Waals surface area contributed by atoms with E-state index in [0.29, 0.717) is 11.6 Å². The summed E-state index contributed by atoms with van der Waals surface area (Å²) in [5.41, 5.74) is 1.58. The Balaban J connectivity index is 1.97. The zero-order valence-corrected chi connectivity index (χ0v) is 13.3. The van der Waals surface area contributed by atoms with Gasteiger partial charge in [-0.25, -0.2) is 4.52 Å². The van der Waals surface area contributed by atoms with Crippen LogP contribution in [0.3, 0.4) is 0 Å². The molecule has 0 aromatic carbocycles. The molecule has 0 fully saturated rings. The molecular formula is C16H26N4O. The van der Waals surface area contributed by atoms with Crippen molar-refractivity contribution in [3.63, 3.8) is 0 Å². The van der Waals surface area contributed by atoms with Crippen LogP contribution >= 0.6 is 0 Å². The minimum Gasteiger partial charge on any atom is -0.314 e. The summed E-state index contributed by atoms with van der Waals surface area (Å²) in [7, 11) is 0. The van der Waals surface area contributed by atoms with Crippen LogP contribution < -0.4 is 10.9 Å². The lowest BCUT2D eigenvalue weighted by atomic mass is 10.1. The van der Waals surface area contributed by atoms with E-state index in [0.717, 1.165) is 44.5 Å². The summed E-state index contributed by atoms with van der Waals surface area (Å²) >= 11 is 0. The van der Waals surface area contributed by atoms with Gasteiger partial charge in [-0.1, -0.05) is 13.8 Å². The average molecular weight is 290 g/mol. The Labute approximate surface area is 126 Å². The van der Waals surface area contributed by atoms with Gasteiger partial charge in [-0.05, 0) is 45.2 Å². The van der Waals surface area contributed by atoms with E-state index in [4.69, 9.17) is 0 Å². The van der Waals surface area contributed by atoms with Gasteiger partial charge in [-0.3, -0.25) is 4.79 Å². The van der Waals surface area contributed by atoms with Gasteiger partial charge in [-0.15, -0.1) is 0 Å². The van der Waals surface area contributed by atoms with E-state index in [1.165, 1.54) is 0 Å². The third-order valence-electron chi connectivity index (χ3n) is 3.85. The third-order valence-corrected chi connectivity index (χ3v) is 3.85. The lowest BCUT2D eigenvalue weighted by molar-refractivity contribution is 0.437. The van der Waals surface area contributed by atoms with Gasteiger partial charge >= 0.3 is 0 Å². The molecule has 2 aromatic heterocycles. The highest BCUT2D eigenvalue weighted by molar-refractivity contribution is 5.44. The topological polar surface area (TPSA) is 51.3 Å². The largest absolute Gasteiger partial charge is 0.314 e. The zero-order valence-electron chi connectivity index (χ0n) is 13.3. The maximum absolute atomic E-state index is 12.3. The molecule has 2 heterocycles. The highest BCUT2D eigenvalue weighted by Crippen LogP contribution is 2.05. The quantitative estimate of drug-likeness (QED) is 0.812. The molecular weight excluding hydrogens is 264 g/mol. The molecule has 2 aromatic rings. The average Bonchev–Trinajstić information content (AvgIpc) is 2.86. The number of hydrogen-bond donors (Lipinski definition) is 1. The molecule has 1 N–H and O–H groups in total. The number of aromatic nitrogens is 3. The predicted molar refractivity (Wildman–Crippen MR) is 85.8 cm³/mol. The number of fused-ring (bicyclic) bond motifs is 1. The van der Waals surface area contributed by atoms with E-state index in [-0.39, 0.29) is 5.56 Å². The number of rotatable bonds is 8. The van der Waals surface area contributed by atoms with Gasteiger partial charge in [0.1, 0.15) is 5.52 Å². The van der Waals surface area contributed by atoms with E-state index in [2.05, 4.69) is 24.3 Å². The first kappa shape index (κ1) is 15.8. The first-order chi connectivity index (χ1) is 10.2. The smallest absolute Gasteiger partial charge is 0.276 e. The van der Waals surface area contributed by atoms with Crippen molar-refractivity contribution in [3.05, 3.63) is 34.5 Å². The summed E-state index contributed by atoms with van der Waals surface area (Å²) < 4.78 is 3.45. The zero-order chi connectivity index (χ0) is 15.2. The molecule has 21 heavy (non-hydrogen) atoms. The first-order valence-electron chi connectivity index (χ1n) is 7.94. The van der Waals surface area contributed by atoms with E-state index < -0.39 is 0 Å². The molecule has 0 bridgehead atoms. The highest BCUT2D eigenvalue weighted by atomic mass is 16.1. The summed E-state index contributed by atoms with van der Waals surface area (Å²) in [4.78, 5) is 12.3. The van der Waals surface area contributed by atoms with Crippen molar-refractivity contribution in [2.45, 2.75) is 59.0 Å². The third kappa shape index (κ3) is 3.94. The van der Waals surface area contributed by atoms with Gasteiger partial charge < -0.3 is 9.88 Å². The molecule has 0 amide bonds. The van der Waals surface area contributed by atoms with Crippen LogP contribution in [0.2, 0.25) is 0 Å². The van der Waals surface area contributed by atoms with Gasteiger partial charge in [0.25, 0.3) is 5.56 Å². The second-order valence-electron chi connectivity index (χ2n) is 5.61. The monoisotopic (exact) mass is 290 g/mol. The normalized spacial score (nSPS) is 12.9. The Morgan fingerprint density at radius 3 is 2.86 bits per heavy atom. The van der Waals surface area contributed by atoms with Gasteiger partial charge in [0.15, 0.2) is 0 Å². The Bertz CT molecular complexity index is 629. The molecule has 1 atom stereocenters. The molecule has 0 aliphatic heterocycles. The molecule has 0 spiro atoms. The molecule has 0 aliphatic carbocycles. The lowest BCUT2D eigenvalue weighted by Gasteiger charge is -2.16. The first-order valence-corrected chi connectivity index (χ1v) is 7.94. The van der Waals surface area contributed by atoms with E-state index in [1.54, 1.807) is 9.08 Å². The van der Waals surface area contributed by atoms with E-state index >= 15 is 0 Å². The van der Waals surface area contributed by atoms with Crippen LogP contribution in [0.4, 0.5) is 0 Å². The summed E-state index contributed by atoms with van der Waals surface area (Å²) in [5.74, 6) is 0. The molecule has 2 rings (SSSR count). The summed E-state index contributed by atoms with van der Waals surface area (Å²) in [6, 6.07) is 2.40. The predicted octanol–water partition coefficient (Wildman–Crippen LogP) is 2.36. The van der Waals surface area contributed by atoms with Crippen LogP contribution in [0.1, 0.15) is 45.2 Å². The van der Waals surface area contributed by atoms with Gasteiger partial charge in [-0.2, -0.15) is 5.10 Å². The fourth-order valence-electron chi connectivity index (χ4n) is 2.63. The van der Waals surface area contributed by atoms with Crippen molar-refractivity contribution in [3.8, 4) is 0 Å². The summed E-state index contributed by atoms with van der Waals surface area (Å²) in [6.45, 7) is 8.13. The van der Waals surface area contributed by atoms with Crippen LogP contribution in [0.15, 0.2) is 23.3 Å². The Morgan fingerprint density at radius 2 is 2.14 bits per heavy atom. The number of nitrogens with one attached hydrogen (secondary N) is 1. The van der Waals surface area contributed by atoms with E-state index in [1.807, 2.05) is 25.4 Å². The molecule has 1 unspecified atom stereocenters. The van der Waals surface area contributed by atoms with Crippen molar-refractivity contribution in [1.82, 2.24) is 19.5 Å². The van der Waals surface area contributed by atoms with Crippen LogP contribution in [-0.2, 0) is 6.54 Å². The second kappa shape index (κ2) is 7.41. The van der Waals surface area contributed by atoms with E-state index in [9.17, 15) is 4.79 Å². The molecule has 0 aliphatic rings. The Kier molecular flexibility index (Phi) is 5.56. The van der Waals surface area contributed by atoms with Gasteiger partial charge in [0.05, 0.1) is 5.69 Å². The molecule has 0 radical (unpaired) electrons. The minimum absolute atomic E-state index is 0.0488. The van der Waals surface area contributed by atoms with Crippen LogP contribution in [-0.4, -0.2) is 26.8 Å². The molecule has 0 saturated heterocycles. The van der Waals surface area contributed by atoms with Crippen LogP contribution in [0, 0.1) is 6.92 Å². The van der Waals surface area contributed by atoms with Crippen molar-refractivity contribution in [1.29, 1.82) is 0 Å².